The molecule has 1 fully saturated rings. The van der Waals surface area contributed by atoms with E-state index in [2.05, 4.69) is 17.1 Å². The number of aromatic nitrogens is 5. The lowest BCUT2D eigenvalue weighted by molar-refractivity contribution is 0.476. The van der Waals surface area contributed by atoms with Gasteiger partial charge in [-0.25, -0.2) is 8.42 Å². The number of unbranched alkanes of at least 4 members (excludes halogenated alkanes) is 2. The Hall–Kier alpha value is -3.31. The number of para-hydroxylation sites is 1. The van der Waals surface area contributed by atoms with Gasteiger partial charge in [-0.1, -0.05) is 31.9 Å². The second kappa shape index (κ2) is 9.38. The summed E-state index contributed by atoms with van der Waals surface area (Å²) < 4.78 is 32.3. The fourth-order valence-electron chi connectivity index (χ4n) is 4.65. The van der Waals surface area contributed by atoms with Gasteiger partial charge >= 0.3 is 0 Å². The highest BCUT2D eigenvalue weighted by atomic mass is 32.2. The smallest absolute Gasteiger partial charge is 0.262 e. The van der Waals surface area contributed by atoms with Crippen molar-refractivity contribution in [1.82, 2.24) is 28.0 Å². The Morgan fingerprint density at radius 3 is 2.51 bits per heavy atom. The SMILES string of the molecule is CCCCCn1c(=O)c2ccccc2n2c(Cn3cc(S(=O)(=O)N4CCCC4)ccc3=O)nnc12. The third-order valence-corrected chi connectivity index (χ3v) is 8.41. The summed E-state index contributed by atoms with van der Waals surface area (Å²) in [7, 11) is -3.67. The minimum atomic E-state index is -3.67. The van der Waals surface area contributed by atoms with Gasteiger partial charge in [-0.2, -0.15) is 4.31 Å². The molecule has 1 aliphatic rings. The number of benzene rings is 1. The van der Waals surface area contributed by atoms with Crippen molar-refractivity contribution in [3.05, 3.63) is 69.1 Å². The molecule has 5 rings (SSSR count). The second-order valence-electron chi connectivity index (χ2n) is 8.87. The molecule has 0 saturated carbocycles. The van der Waals surface area contributed by atoms with E-state index in [0.717, 1.165) is 32.1 Å². The van der Waals surface area contributed by atoms with Crippen molar-refractivity contribution in [2.24, 2.45) is 0 Å². The van der Waals surface area contributed by atoms with Crippen LogP contribution in [-0.2, 0) is 23.1 Å². The van der Waals surface area contributed by atoms with Crippen molar-refractivity contribution in [2.45, 2.75) is 57.0 Å². The van der Waals surface area contributed by atoms with Gasteiger partial charge in [-0.05, 0) is 37.5 Å². The summed E-state index contributed by atoms with van der Waals surface area (Å²) in [5.41, 5.74) is 0.176. The molecule has 4 heterocycles. The van der Waals surface area contributed by atoms with Crippen LogP contribution in [0.25, 0.3) is 16.7 Å². The first kappa shape index (κ1) is 23.4. The number of aryl methyl sites for hydroxylation is 1. The van der Waals surface area contributed by atoms with Crippen LogP contribution in [0.1, 0.15) is 44.9 Å². The fraction of sp³-hybridized carbons (Fsp3) is 0.417. The van der Waals surface area contributed by atoms with Gasteiger partial charge in [0.15, 0.2) is 5.82 Å². The Balaban J connectivity index is 1.61. The van der Waals surface area contributed by atoms with E-state index in [0.29, 0.717) is 42.1 Å². The van der Waals surface area contributed by atoms with Gasteiger partial charge in [-0.15, -0.1) is 10.2 Å². The maximum atomic E-state index is 13.2. The summed E-state index contributed by atoms with van der Waals surface area (Å²) in [5.74, 6) is 0.854. The number of rotatable bonds is 8. The summed E-state index contributed by atoms with van der Waals surface area (Å²) in [6.07, 6.45) is 5.88. The molecule has 0 atom stereocenters. The van der Waals surface area contributed by atoms with E-state index in [1.807, 2.05) is 18.2 Å². The monoisotopic (exact) mass is 496 g/mol. The highest BCUT2D eigenvalue weighted by molar-refractivity contribution is 7.89. The summed E-state index contributed by atoms with van der Waals surface area (Å²) >= 11 is 0. The molecule has 11 heteroatoms. The molecule has 0 spiro atoms. The van der Waals surface area contributed by atoms with E-state index in [4.69, 9.17) is 0 Å². The average Bonchev–Trinajstić information content (AvgIpc) is 3.54. The molecular weight excluding hydrogens is 468 g/mol. The van der Waals surface area contributed by atoms with Gasteiger partial charge in [-0.3, -0.25) is 18.6 Å². The molecule has 4 aromatic rings. The minimum Gasteiger partial charge on any atom is -0.307 e. The van der Waals surface area contributed by atoms with E-state index >= 15 is 0 Å². The molecule has 0 bridgehead atoms. The largest absolute Gasteiger partial charge is 0.307 e. The predicted octanol–water partition coefficient (Wildman–Crippen LogP) is 2.23. The standard InChI is InChI=1S/C24H28N6O4S/c1-2-3-6-15-29-23(32)19-9-4-5-10-20(19)30-21(25-26-24(29)30)17-27-16-18(11-12-22(27)31)35(33,34)28-13-7-8-14-28/h4-5,9-12,16H,2-3,6-8,13-15,17H2,1H3. The van der Waals surface area contributed by atoms with E-state index in [1.165, 1.54) is 27.2 Å². The third-order valence-electron chi connectivity index (χ3n) is 6.53. The molecule has 0 aliphatic carbocycles. The van der Waals surface area contributed by atoms with Crippen LogP contribution < -0.4 is 11.1 Å². The second-order valence-corrected chi connectivity index (χ2v) is 10.8. The van der Waals surface area contributed by atoms with Crippen molar-refractivity contribution in [3.63, 3.8) is 0 Å². The zero-order valence-electron chi connectivity index (χ0n) is 19.6. The predicted molar refractivity (Wildman–Crippen MR) is 132 cm³/mol. The summed E-state index contributed by atoms with van der Waals surface area (Å²) in [5, 5.41) is 9.15. The van der Waals surface area contributed by atoms with Crippen molar-refractivity contribution >= 4 is 26.7 Å². The molecular formula is C24H28N6O4S. The topological polar surface area (TPSA) is 112 Å². The molecule has 1 aromatic carbocycles. The normalized spacial score (nSPS) is 14.9. The van der Waals surface area contributed by atoms with Gasteiger partial charge in [0.25, 0.3) is 11.1 Å². The Kier molecular flexibility index (Phi) is 6.28. The maximum Gasteiger partial charge on any atom is 0.262 e. The van der Waals surface area contributed by atoms with Crippen molar-refractivity contribution in [3.8, 4) is 0 Å². The van der Waals surface area contributed by atoms with Crippen LogP contribution in [0.5, 0.6) is 0 Å². The van der Waals surface area contributed by atoms with Gasteiger partial charge in [0.2, 0.25) is 15.8 Å². The lowest BCUT2D eigenvalue weighted by Crippen LogP contribution is -2.30. The first-order valence-corrected chi connectivity index (χ1v) is 13.4. The van der Waals surface area contributed by atoms with E-state index < -0.39 is 10.0 Å². The molecule has 3 aromatic heterocycles. The number of sulfonamides is 1. The molecule has 0 radical (unpaired) electrons. The number of pyridine rings is 1. The Morgan fingerprint density at radius 1 is 0.971 bits per heavy atom. The zero-order chi connectivity index (χ0) is 24.6. The molecule has 10 nitrogen and oxygen atoms in total. The number of hydrogen-bond donors (Lipinski definition) is 0. The third kappa shape index (κ3) is 4.19. The minimum absolute atomic E-state index is 0.0144. The van der Waals surface area contributed by atoms with Crippen LogP contribution >= 0.6 is 0 Å². The van der Waals surface area contributed by atoms with Gasteiger partial charge in [0, 0.05) is 31.9 Å². The van der Waals surface area contributed by atoms with Gasteiger partial charge < -0.3 is 4.57 Å². The molecule has 35 heavy (non-hydrogen) atoms. The molecule has 0 N–H and O–H groups in total. The molecule has 0 amide bonds. The maximum absolute atomic E-state index is 13.2. The first-order valence-electron chi connectivity index (χ1n) is 12.0. The lowest BCUT2D eigenvalue weighted by Gasteiger charge is -2.16. The quantitative estimate of drug-likeness (QED) is 0.346. The number of hydrogen-bond acceptors (Lipinski definition) is 6. The van der Waals surface area contributed by atoms with E-state index in [-0.39, 0.29) is 22.6 Å². The van der Waals surface area contributed by atoms with Crippen molar-refractivity contribution < 1.29 is 8.42 Å². The zero-order valence-corrected chi connectivity index (χ0v) is 20.4. The summed E-state index contributed by atoms with van der Waals surface area (Å²) in [4.78, 5) is 26.0. The molecule has 0 unspecified atom stereocenters. The fourth-order valence-corrected chi connectivity index (χ4v) is 6.19. The Bertz CT molecular complexity index is 1610. The molecule has 184 valence electrons. The summed E-state index contributed by atoms with van der Waals surface area (Å²) in [6.45, 7) is 3.60. The Labute approximate surface area is 202 Å². The average molecular weight is 497 g/mol. The molecule has 1 aliphatic heterocycles. The molecule has 1 saturated heterocycles. The van der Waals surface area contributed by atoms with Crippen LogP contribution in [0.2, 0.25) is 0 Å². The van der Waals surface area contributed by atoms with Crippen LogP contribution in [0.3, 0.4) is 0 Å². The Morgan fingerprint density at radius 2 is 1.74 bits per heavy atom. The van der Waals surface area contributed by atoms with Crippen molar-refractivity contribution in [1.29, 1.82) is 0 Å². The van der Waals surface area contributed by atoms with Crippen LogP contribution in [0, 0.1) is 0 Å². The first-order chi connectivity index (χ1) is 16.9. The van der Waals surface area contributed by atoms with Gasteiger partial charge in [0.05, 0.1) is 22.3 Å². The highest BCUT2D eigenvalue weighted by Gasteiger charge is 2.28. The highest BCUT2D eigenvalue weighted by Crippen LogP contribution is 2.20. The number of nitrogens with zero attached hydrogens (tertiary/aromatic N) is 6. The number of fused-ring (bicyclic) bond motifs is 3. The van der Waals surface area contributed by atoms with Gasteiger partial charge in [0.1, 0.15) is 0 Å². The van der Waals surface area contributed by atoms with Crippen LogP contribution in [-0.4, -0.2) is 49.5 Å². The van der Waals surface area contributed by atoms with Crippen molar-refractivity contribution in [2.75, 3.05) is 13.1 Å². The van der Waals surface area contributed by atoms with E-state index in [1.54, 1.807) is 15.0 Å². The lowest BCUT2D eigenvalue weighted by atomic mass is 10.2. The van der Waals surface area contributed by atoms with Crippen LogP contribution in [0.15, 0.2) is 57.1 Å². The van der Waals surface area contributed by atoms with E-state index in [9.17, 15) is 18.0 Å². The summed E-state index contributed by atoms with van der Waals surface area (Å²) in [6, 6.07) is 9.87. The van der Waals surface area contributed by atoms with Crippen LogP contribution in [0.4, 0.5) is 0 Å².